The predicted octanol–water partition coefficient (Wildman–Crippen LogP) is 3.45. The number of piperidine rings is 1. The number of ether oxygens (including phenoxy) is 2. The summed E-state index contributed by atoms with van der Waals surface area (Å²) in [6, 6.07) is 9.52. The Morgan fingerprint density at radius 2 is 1.93 bits per heavy atom. The fourth-order valence-corrected chi connectivity index (χ4v) is 4.18. The summed E-state index contributed by atoms with van der Waals surface area (Å²) < 4.78 is 12.6. The lowest BCUT2D eigenvalue weighted by atomic mass is 9.94. The predicted molar refractivity (Wildman–Crippen MR) is 108 cm³/mol. The summed E-state index contributed by atoms with van der Waals surface area (Å²) in [6.45, 7) is 2.58. The molecule has 160 valence electrons. The number of carbonyl (C=O) groups is 2. The van der Waals surface area contributed by atoms with Crippen LogP contribution in [0, 0.1) is 0 Å². The highest BCUT2D eigenvalue weighted by Crippen LogP contribution is 2.30. The van der Waals surface area contributed by atoms with Crippen molar-refractivity contribution in [1.82, 2.24) is 14.7 Å². The normalized spacial score (nSPS) is 20.1. The van der Waals surface area contributed by atoms with E-state index in [1.807, 2.05) is 30.3 Å². The molecular formula is C22H27N3O5. The zero-order chi connectivity index (χ0) is 20.9. The number of likely N-dealkylation sites (tertiary alicyclic amines) is 1. The molecule has 0 radical (unpaired) electrons. The zero-order valence-corrected chi connectivity index (χ0v) is 16.9. The molecule has 2 aliphatic rings. The number of carboxylic acids is 1. The van der Waals surface area contributed by atoms with Gasteiger partial charge in [-0.1, -0.05) is 30.3 Å². The monoisotopic (exact) mass is 413 g/mol. The Kier molecular flexibility index (Phi) is 6.32. The molecule has 2 aromatic rings. The first-order chi connectivity index (χ1) is 14.6. The standard InChI is InChI=1S/C22H27N3O5/c26-21(27)19-14-25(23-20(19)17-8-11-29-12-9-17)18-7-4-10-24(13-18)22(28)30-15-16-5-2-1-3-6-16/h1-3,5-6,14,17-18H,4,7-13,15H2,(H,26,27)/t18-/m0/s1. The number of aromatic nitrogens is 2. The van der Waals surface area contributed by atoms with Crippen LogP contribution in [-0.2, 0) is 16.1 Å². The van der Waals surface area contributed by atoms with E-state index in [1.54, 1.807) is 15.8 Å². The quantitative estimate of drug-likeness (QED) is 0.807. The highest BCUT2D eigenvalue weighted by Gasteiger charge is 2.30. The maximum atomic E-state index is 12.5. The third-order valence-electron chi connectivity index (χ3n) is 5.83. The van der Waals surface area contributed by atoms with Crippen LogP contribution in [0.25, 0.3) is 0 Å². The molecule has 1 aromatic heterocycles. The van der Waals surface area contributed by atoms with Gasteiger partial charge >= 0.3 is 12.1 Å². The van der Waals surface area contributed by atoms with E-state index < -0.39 is 5.97 Å². The van der Waals surface area contributed by atoms with Crippen molar-refractivity contribution in [3.05, 3.63) is 53.3 Å². The van der Waals surface area contributed by atoms with Crippen LogP contribution in [-0.4, -0.2) is 58.2 Å². The lowest BCUT2D eigenvalue weighted by Crippen LogP contribution is -2.41. The number of rotatable bonds is 5. The summed E-state index contributed by atoms with van der Waals surface area (Å²) in [4.78, 5) is 26.0. The number of aromatic carboxylic acids is 1. The summed E-state index contributed by atoms with van der Waals surface area (Å²) in [5, 5.41) is 14.3. The lowest BCUT2D eigenvalue weighted by Gasteiger charge is -2.32. The molecule has 3 heterocycles. The molecule has 2 aliphatic heterocycles. The SMILES string of the molecule is O=C(O)c1cn([C@H]2CCCN(C(=O)OCc3ccccc3)C2)nc1C1CCOCC1. The van der Waals surface area contributed by atoms with Crippen LogP contribution in [0.1, 0.15) is 59.3 Å². The van der Waals surface area contributed by atoms with E-state index in [1.165, 1.54) is 0 Å². The number of benzene rings is 1. The molecule has 0 unspecified atom stereocenters. The van der Waals surface area contributed by atoms with Gasteiger partial charge < -0.3 is 19.5 Å². The first kappa shape index (κ1) is 20.4. The number of hydrogen-bond donors (Lipinski definition) is 1. The molecule has 30 heavy (non-hydrogen) atoms. The average molecular weight is 413 g/mol. The fourth-order valence-electron chi connectivity index (χ4n) is 4.18. The highest BCUT2D eigenvalue weighted by molar-refractivity contribution is 5.88. The van der Waals surface area contributed by atoms with Crippen LogP contribution in [0.3, 0.4) is 0 Å². The molecule has 1 atom stereocenters. The van der Waals surface area contributed by atoms with Crippen molar-refractivity contribution < 1.29 is 24.2 Å². The Morgan fingerprint density at radius 3 is 2.67 bits per heavy atom. The molecule has 8 nitrogen and oxygen atoms in total. The van der Waals surface area contributed by atoms with Crippen molar-refractivity contribution in [3.63, 3.8) is 0 Å². The van der Waals surface area contributed by atoms with Crippen molar-refractivity contribution in [2.24, 2.45) is 0 Å². The second-order valence-corrected chi connectivity index (χ2v) is 7.88. The molecule has 2 fully saturated rings. The van der Waals surface area contributed by atoms with E-state index in [2.05, 4.69) is 5.10 Å². The van der Waals surface area contributed by atoms with Crippen LogP contribution in [0.4, 0.5) is 4.79 Å². The zero-order valence-electron chi connectivity index (χ0n) is 16.9. The number of nitrogens with zero attached hydrogens (tertiary/aromatic N) is 3. The third-order valence-corrected chi connectivity index (χ3v) is 5.83. The molecule has 2 saturated heterocycles. The van der Waals surface area contributed by atoms with Crippen molar-refractivity contribution in [2.45, 2.75) is 44.2 Å². The van der Waals surface area contributed by atoms with Crippen LogP contribution >= 0.6 is 0 Å². The Bertz CT molecular complexity index is 876. The Balaban J connectivity index is 1.43. The summed E-state index contributed by atoms with van der Waals surface area (Å²) >= 11 is 0. The van der Waals surface area contributed by atoms with Gasteiger partial charge in [-0.25, -0.2) is 9.59 Å². The van der Waals surface area contributed by atoms with Crippen molar-refractivity contribution >= 4 is 12.1 Å². The minimum atomic E-state index is -0.960. The number of carbonyl (C=O) groups excluding carboxylic acids is 1. The Labute approximate surface area is 175 Å². The van der Waals surface area contributed by atoms with Gasteiger partial charge in [0.1, 0.15) is 12.2 Å². The van der Waals surface area contributed by atoms with Gasteiger partial charge in [0.25, 0.3) is 0 Å². The maximum absolute atomic E-state index is 12.5. The van der Waals surface area contributed by atoms with E-state index in [4.69, 9.17) is 9.47 Å². The molecule has 8 heteroatoms. The molecule has 0 spiro atoms. The van der Waals surface area contributed by atoms with Crippen molar-refractivity contribution in [3.8, 4) is 0 Å². The molecule has 1 N–H and O–H groups in total. The number of carboxylic acid groups (broad SMARTS) is 1. The fraction of sp³-hybridized carbons (Fsp3) is 0.500. The highest BCUT2D eigenvalue weighted by atomic mass is 16.6. The minimum absolute atomic E-state index is 0.0604. The number of hydrogen-bond acceptors (Lipinski definition) is 5. The minimum Gasteiger partial charge on any atom is -0.478 e. The van der Waals surface area contributed by atoms with Gasteiger partial charge in [0, 0.05) is 38.4 Å². The molecule has 1 amide bonds. The van der Waals surface area contributed by atoms with Crippen LogP contribution in [0.5, 0.6) is 0 Å². The molecule has 0 saturated carbocycles. The van der Waals surface area contributed by atoms with Gasteiger partial charge in [-0.2, -0.15) is 5.10 Å². The van der Waals surface area contributed by atoms with Crippen molar-refractivity contribution in [2.75, 3.05) is 26.3 Å². The second kappa shape index (κ2) is 9.30. The van der Waals surface area contributed by atoms with E-state index >= 15 is 0 Å². The first-order valence-electron chi connectivity index (χ1n) is 10.5. The smallest absolute Gasteiger partial charge is 0.410 e. The lowest BCUT2D eigenvalue weighted by molar-refractivity contribution is 0.0684. The molecule has 0 bridgehead atoms. The largest absolute Gasteiger partial charge is 0.478 e. The molecule has 1 aromatic carbocycles. The van der Waals surface area contributed by atoms with Crippen molar-refractivity contribution in [1.29, 1.82) is 0 Å². The maximum Gasteiger partial charge on any atom is 0.410 e. The van der Waals surface area contributed by atoms with Gasteiger partial charge in [-0.15, -0.1) is 0 Å². The van der Waals surface area contributed by atoms with E-state index in [0.717, 1.165) is 31.2 Å². The first-order valence-corrected chi connectivity index (χ1v) is 10.5. The van der Waals surface area contributed by atoms with E-state index in [0.29, 0.717) is 32.0 Å². The van der Waals surface area contributed by atoms with Gasteiger partial charge in [0.05, 0.1) is 11.7 Å². The van der Waals surface area contributed by atoms with Gasteiger partial charge in [-0.3, -0.25) is 4.68 Å². The summed E-state index contributed by atoms with van der Waals surface area (Å²) in [5.41, 5.74) is 1.83. The van der Waals surface area contributed by atoms with Gasteiger partial charge in [0.2, 0.25) is 0 Å². The van der Waals surface area contributed by atoms with Crippen LogP contribution in [0.15, 0.2) is 36.5 Å². The Hall–Kier alpha value is -2.87. The van der Waals surface area contributed by atoms with Crippen LogP contribution < -0.4 is 0 Å². The van der Waals surface area contributed by atoms with Crippen LogP contribution in [0.2, 0.25) is 0 Å². The summed E-state index contributed by atoms with van der Waals surface area (Å²) in [6.07, 6.45) is 4.49. The number of amides is 1. The average Bonchev–Trinajstić information content (AvgIpc) is 3.25. The topological polar surface area (TPSA) is 93.9 Å². The summed E-state index contributed by atoms with van der Waals surface area (Å²) in [5.74, 6) is -0.862. The third kappa shape index (κ3) is 4.64. The Morgan fingerprint density at radius 1 is 1.17 bits per heavy atom. The van der Waals surface area contributed by atoms with E-state index in [9.17, 15) is 14.7 Å². The van der Waals surface area contributed by atoms with Gasteiger partial charge in [-0.05, 0) is 31.2 Å². The summed E-state index contributed by atoms with van der Waals surface area (Å²) in [7, 11) is 0. The second-order valence-electron chi connectivity index (χ2n) is 7.88. The molecule has 0 aliphatic carbocycles. The molecular weight excluding hydrogens is 386 g/mol. The molecule has 4 rings (SSSR count). The van der Waals surface area contributed by atoms with E-state index in [-0.39, 0.29) is 30.2 Å². The van der Waals surface area contributed by atoms with Gasteiger partial charge in [0.15, 0.2) is 0 Å².